The van der Waals surface area contributed by atoms with Gasteiger partial charge < -0.3 is 10.8 Å². The van der Waals surface area contributed by atoms with E-state index in [1.807, 2.05) is 0 Å². The maximum absolute atomic E-state index is 12.9. The van der Waals surface area contributed by atoms with Crippen LogP contribution in [0.2, 0.25) is 5.02 Å². The van der Waals surface area contributed by atoms with Gasteiger partial charge in [-0.1, -0.05) is 11.6 Å². The molecule has 2 rings (SSSR count). The van der Waals surface area contributed by atoms with Crippen molar-refractivity contribution in [2.75, 3.05) is 0 Å². The molecule has 1 saturated carbocycles. The average molecular weight is 216 g/mol. The molecule has 1 aromatic rings. The zero-order chi connectivity index (χ0) is 10.3. The summed E-state index contributed by atoms with van der Waals surface area (Å²) in [5.41, 5.74) is 5.00. The molecular formula is C10H11ClFNO. The quantitative estimate of drug-likeness (QED) is 0.750. The summed E-state index contributed by atoms with van der Waals surface area (Å²) in [5, 5.41) is 10.4. The molecule has 0 spiro atoms. The van der Waals surface area contributed by atoms with Crippen LogP contribution in [0.3, 0.4) is 0 Å². The monoisotopic (exact) mass is 215 g/mol. The summed E-state index contributed by atoms with van der Waals surface area (Å²) in [6.07, 6.45) is 0.881. The Kier molecular flexibility index (Phi) is 2.26. The Labute approximate surface area is 86.5 Å². The third-order valence-electron chi connectivity index (χ3n) is 2.63. The number of nitrogens with two attached hydrogens (primary N) is 1. The van der Waals surface area contributed by atoms with Crippen molar-refractivity contribution in [1.29, 1.82) is 0 Å². The highest BCUT2D eigenvalue weighted by atomic mass is 35.5. The lowest BCUT2D eigenvalue weighted by Gasteiger charge is -2.42. The second kappa shape index (κ2) is 3.19. The van der Waals surface area contributed by atoms with Crippen molar-refractivity contribution in [3.8, 4) is 0 Å². The van der Waals surface area contributed by atoms with Crippen LogP contribution < -0.4 is 5.73 Å². The summed E-state index contributed by atoms with van der Waals surface area (Å²) >= 11 is 5.87. The molecule has 76 valence electrons. The maximum atomic E-state index is 12.9. The van der Waals surface area contributed by atoms with Crippen LogP contribution >= 0.6 is 11.6 Å². The van der Waals surface area contributed by atoms with Crippen molar-refractivity contribution in [3.05, 3.63) is 34.6 Å². The standard InChI is InChI=1S/C10H11ClFNO/c11-9-2-1-6(12)3-8(9)10(14)4-7(13)5-10/h1-3,7,14H,4-5,13H2. The summed E-state index contributed by atoms with van der Waals surface area (Å²) < 4.78 is 12.9. The first-order chi connectivity index (χ1) is 6.51. The molecule has 2 nitrogen and oxygen atoms in total. The Balaban J connectivity index is 2.36. The van der Waals surface area contributed by atoms with Crippen LogP contribution in [0.4, 0.5) is 4.39 Å². The molecule has 0 amide bonds. The summed E-state index contributed by atoms with van der Waals surface area (Å²) in [5.74, 6) is -0.390. The van der Waals surface area contributed by atoms with E-state index in [4.69, 9.17) is 17.3 Å². The molecule has 1 aliphatic carbocycles. The van der Waals surface area contributed by atoms with Crippen LogP contribution in [0.5, 0.6) is 0 Å². The molecule has 0 bridgehead atoms. The minimum Gasteiger partial charge on any atom is -0.385 e. The van der Waals surface area contributed by atoms with E-state index in [2.05, 4.69) is 0 Å². The van der Waals surface area contributed by atoms with Crippen LogP contribution in [0.25, 0.3) is 0 Å². The smallest absolute Gasteiger partial charge is 0.123 e. The molecule has 0 saturated heterocycles. The Morgan fingerprint density at radius 2 is 2.14 bits per heavy atom. The van der Waals surface area contributed by atoms with E-state index in [0.29, 0.717) is 23.4 Å². The van der Waals surface area contributed by atoms with Crippen LogP contribution in [0, 0.1) is 5.82 Å². The molecule has 0 unspecified atom stereocenters. The fourth-order valence-corrected chi connectivity index (χ4v) is 2.18. The first-order valence-corrected chi connectivity index (χ1v) is 4.82. The maximum Gasteiger partial charge on any atom is 0.123 e. The van der Waals surface area contributed by atoms with Gasteiger partial charge in [0.2, 0.25) is 0 Å². The van der Waals surface area contributed by atoms with E-state index in [-0.39, 0.29) is 6.04 Å². The number of hydrogen-bond acceptors (Lipinski definition) is 2. The third-order valence-corrected chi connectivity index (χ3v) is 2.96. The van der Waals surface area contributed by atoms with Crippen molar-refractivity contribution in [2.45, 2.75) is 24.5 Å². The summed E-state index contributed by atoms with van der Waals surface area (Å²) in [7, 11) is 0. The van der Waals surface area contributed by atoms with Crippen LogP contribution in [0.1, 0.15) is 18.4 Å². The average Bonchev–Trinajstić information content (AvgIpc) is 2.07. The van der Waals surface area contributed by atoms with Gasteiger partial charge in [0.1, 0.15) is 5.82 Å². The van der Waals surface area contributed by atoms with Crippen molar-refractivity contribution in [3.63, 3.8) is 0 Å². The Morgan fingerprint density at radius 3 is 2.71 bits per heavy atom. The van der Waals surface area contributed by atoms with Gasteiger partial charge in [-0.25, -0.2) is 4.39 Å². The topological polar surface area (TPSA) is 46.2 Å². The third kappa shape index (κ3) is 1.52. The summed E-state index contributed by atoms with van der Waals surface area (Å²) in [4.78, 5) is 0. The number of halogens is 2. The molecule has 0 heterocycles. The van der Waals surface area contributed by atoms with E-state index in [0.717, 1.165) is 0 Å². The van der Waals surface area contributed by atoms with Gasteiger partial charge in [0, 0.05) is 16.6 Å². The zero-order valence-corrected chi connectivity index (χ0v) is 8.26. The predicted molar refractivity (Wildman–Crippen MR) is 52.5 cm³/mol. The van der Waals surface area contributed by atoms with Gasteiger partial charge in [-0.3, -0.25) is 0 Å². The number of rotatable bonds is 1. The molecule has 0 atom stereocenters. The van der Waals surface area contributed by atoms with Gasteiger partial charge in [0.05, 0.1) is 5.60 Å². The summed E-state index contributed by atoms with van der Waals surface area (Å²) in [6, 6.07) is 3.98. The van der Waals surface area contributed by atoms with Gasteiger partial charge in [0.15, 0.2) is 0 Å². The van der Waals surface area contributed by atoms with Gasteiger partial charge >= 0.3 is 0 Å². The Bertz CT molecular complexity index is 363. The molecule has 1 aliphatic rings. The van der Waals surface area contributed by atoms with Crippen LogP contribution in [0.15, 0.2) is 18.2 Å². The second-order valence-corrected chi connectivity index (χ2v) is 4.23. The molecule has 3 N–H and O–H groups in total. The van der Waals surface area contributed by atoms with Crippen LogP contribution in [-0.2, 0) is 5.60 Å². The minimum atomic E-state index is -1.03. The summed E-state index contributed by atoms with van der Waals surface area (Å²) in [6.45, 7) is 0. The molecule has 0 aromatic heterocycles. The molecule has 4 heteroatoms. The highest BCUT2D eigenvalue weighted by molar-refractivity contribution is 6.31. The number of benzene rings is 1. The second-order valence-electron chi connectivity index (χ2n) is 3.82. The SMILES string of the molecule is NC1CC(O)(c2cc(F)ccc2Cl)C1. The Morgan fingerprint density at radius 1 is 1.50 bits per heavy atom. The highest BCUT2D eigenvalue weighted by Gasteiger charge is 2.43. The fourth-order valence-electron chi connectivity index (χ4n) is 1.88. The fraction of sp³-hybridized carbons (Fsp3) is 0.400. The molecule has 1 aromatic carbocycles. The molecule has 0 aliphatic heterocycles. The van der Waals surface area contributed by atoms with E-state index in [1.54, 1.807) is 0 Å². The van der Waals surface area contributed by atoms with E-state index in [9.17, 15) is 9.50 Å². The highest BCUT2D eigenvalue weighted by Crippen LogP contribution is 2.43. The lowest BCUT2D eigenvalue weighted by atomic mass is 9.72. The molecule has 1 fully saturated rings. The lowest BCUT2D eigenvalue weighted by Crippen LogP contribution is -2.49. The van der Waals surface area contributed by atoms with Crippen molar-refractivity contribution in [1.82, 2.24) is 0 Å². The zero-order valence-electron chi connectivity index (χ0n) is 7.50. The van der Waals surface area contributed by atoms with E-state index in [1.165, 1.54) is 18.2 Å². The lowest BCUT2D eigenvalue weighted by molar-refractivity contribution is -0.0524. The molecule has 0 radical (unpaired) electrons. The normalized spacial score (nSPS) is 31.3. The number of aliphatic hydroxyl groups is 1. The number of hydrogen-bond donors (Lipinski definition) is 2. The first-order valence-electron chi connectivity index (χ1n) is 4.45. The van der Waals surface area contributed by atoms with Gasteiger partial charge in [0.25, 0.3) is 0 Å². The van der Waals surface area contributed by atoms with Gasteiger partial charge in [-0.2, -0.15) is 0 Å². The van der Waals surface area contributed by atoms with Crippen molar-refractivity contribution >= 4 is 11.6 Å². The van der Waals surface area contributed by atoms with Gasteiger partial charge in [-0.15, -0.1) is 0 Å². The molecule has 14 heavy (non-hydrogen) atoms. The first kappa shape index (κ1) is 9.90. The largest absolute Gasteiger partial charge is 0.385 e. The van der Waals surface area contributed by atoms with Crippen LogP contribution in [-0.4, -0.2) is 11.1 Å². The minimum absolute atomic E-state index is 0.0145. The predicted octanol–water partition coefficient (Wildman–Crippen LogP) is 1.79. The van der Waals surface area contributed by atoms with Crippen molar-refractivity contribution < 1.29 is 9.50 Å². The Hall–Kier alpha value is -0.640. The van der Waals surface area contributed by atoms with Gasteiger partial charge in [-0.05, 0) is 31.0 Å². The van der Waals surface area contributed by atoms with E-state index >= 15 is 0 Å². The van der Waals surface area contributed by atoms with Crippen molar-refractivity contribution in [2.24, 2.45) is 5.73 Å². The van der Waals surface area contributed by atoms with E-state index < -0.39 is 11.4 Å². The molecular weight excluding hydrogens is 205 g/mol.